The fourth-order valence-electron chi connectivity index (χ4n) is 3.02. The molecule has 2 N–H and O–H groups in total. The molecule has 0 radical (unpaired) electrons. The van der Waals surface area contributed by atoms with E-state index in [1.807, 2.05) is 6.07 Å². The minimum absolute atomic E-state index is 0.168. The van der Waals surface area contributed by atoms with Crippen molar-refractivity contribution >= 4 is 6.03 Å². The van der Waals surface area contributed by atoms with Crippen LogP contribution < -0.4 is 10.6 Å². The van der Waals surface area contributed by atoms with Gasteiger partial charge >= 0.3 is 6.03 Å². The predicted molar refractivity (Wildman–Crippen MR) is 95.6 cm³/mol. The maximum atomic E-state index is 13.4. The molecule has 0 saturated carbocycles. The molecule has 1 saturated heterocycles. The van der Waals surface area contributed by atoms with Crippen LogP contribution in [0, 0.1) is 11.7 Å². The van der Waals surface area contributed by atoms with E-state index in [2.05, 4.69) is 22.5 Å². The van der Waals surface area contributed by atoms with Crippen LogP contribution in [0.15, 0.2) is 24.3 Å². The fraction of sp³-hybridized carbons (Fsp3) is 0.632. The number of halogens is 1. The van der Waals surface area contributed by atoms with Gasteiger partial charge in [0.25, 0.3) is 0 Å². The summed E-state index contributed by atoms with van der Waals surface area (Å²) in [5, 5.41) is 5.64. The molecule has 0 unspecified atom stereocenters. The summed E-state index contributed by atoms with van der Waals surface area (Å²) in [6.45, 7) is 7.01. The Labute approximate surface area is 144 Å². The summed E-state index contributed by atoms with van der Waals surface area (Å²) in [6, 6.07) is 6.50. The lowest BCUT2D eigenvalue weighted by Gasteiger charge is -2.30. The number of nitrogens with zero attached hydrogens (tertiary/aromatic N) is 1. The number of benzene rings is 1. The van der Waals surface area contributed by atoms with Crippen molar-refractivity contribution in [2.45, 2.75) is 39.0 Å². The van der Waals surface area contributed by atoms with Crippen LogP contribution in [-0.4, -0.2) is 43.7 Å². The molecule has 134 valence electrons. The van der Waals surface area contributed by atoms with E-state index in [4.69, 9.17) is 0 Å². The predicted octanol–water partition coefficient (Wildman–Crippen LogP) is 3.18. The quantitative estimate of drug-likeness (QED) is 0.717. The van der Waals surface area contributed by atoms with Crippen LogP contribution >= 0.6 is 0 Å². The van der Waals surface area contributed by atoms with Crippen molar-refractivity contribution in [1.29, 1.82) is 0 Å². The zero-order valence-corrected chi connectivity index (χ0v) is 14.7. The zero-order chi connectivity index (χ0) is 17.2. The summed E-state index contributed by atoms with van der Waals surface area (Å²) in [5.74, 6) is 0.655. The van der Waals surface area contributed by atoms with Crippen molar-refractivity contribution < 1.29 is 9.18 Å². The largest absolute Gasteiger partial charge is 0.338 e. The van der Waals surface area contributed by atoms with Gasteiger partial charge in [-0.05, 0) is 69.3 Å². The van der Waals surface area contributed by atoms with E-state index in [1.54, 1.807) is 12.1 Å². The second-order valence-corrected chi connectivity index (χ2v) is 6.76. The molecule has 0 bridgehead atoms. The Balaban J connectivity index is 1.47. The van der Waals surface area contributed by atoms with Crippen LogP contribution in [0.4, 0.5) is 9.18 Å². The zero-order valence-electron chi connectivity index (χ0n) is 14.7. The van der Waals surface area contributed by atoms with Crippen LogP contribution in [-0.2, 0) is 6.42 Å². The molecule has 0 atom stereocenters. The minimum atomic E-state index is -0.216. The first kappa shape index (κ1) is 18.7. The lowest BCUT2D eigenvalue weighted by atomic mass is 9.99. The topological polar surface area (TPSA) is 44.4 Å². The molecular weight excluding hydrogens is 305 g/mol. The number of carbonyl (C=O) groups is 1. The molecule has 1 fully saturated rings. The maximum absolute atomic E-state index is 13.4. The van der Waals surface area contributed by atoms with E-state index >= 15 is 0 Å². The lowest BCUT2D eigenvalue weighted by molar-refractivity contribution is 0.189. The third kappa shape index (κ3) is 6.87. The average molecular weight is 335 g/mol. The highest BCUT2D eigenvalue weighted by atomic mass is 19.1. The van der Waals surface area contributed by atoms with Gasteiger partial charge in [-0.1, -0.05) is 25.1 Å². The average Bonchev–Trinajstić information content (AvgIpc) is 2.58. The second kappa shape index (κ2) is 10.3. The Kier molecular flexibility index (Phi) is 8.02. The van der Waals surface area contributed by atoms with Crippen LogP contribution in [0.3, 0.4) is 0 Å². The highest BCUT2D eigenvalue weighted by Crippen LogP contribution is 2.16. The van der Waals surface area contributed by atoms with Gasteiger partial charge in [0.05, 0.1) is 0 Å². The molecule has 0 spiro atoms. The van der Waals surface area contributed by atoms with Crippen molar-refractivity contribution in [3.63, 3.8) is 0 Å². The maximum Gasteiger partial charge on any atom is 0.314 e. The number of carbonyl (C=O) groups excluding carboxylic acids is 1. The van der Waals surface area contributed by atoms with Gasteiger partial charge in [-0.25, -0.2) is 9.18 Å². The van der Waals surface area contributed by atoms with E-state index in [0.29, 0.717) is 25.1 Å². The monoisotopic (exact) mass is 335 g/mol. The molecule has 1 aliphatic heterocycles. The molecular formula is C19H30FN3O. The van der Waals surface area contributed by atoms with Gasteiger partial charge in [-0.15, -0.1) is 0 Å². The highest BCUT2D eigenvalue weighted by molar-refractivity contribution is 5.73. The van der Waals surface area contributed by atoms with E-state index in [-0.39, 0.29) is 11.8 Å². The highest BCUT2D eigenvalue weighted by Gasteiger charge is 2.14. The Morgan fingerprint density at radius 1 is 1.17 bits per heavy atom. The first-order valence-electron chi connectivity index (χ1n) is 9.12. The number of likely N-dealkylation sites (tertiary alicyclic amines) is 1. The number of amides is 2. The van der Waals surface area contributed by atoms with Crippen molar-refractivity contribution in [3.05, 3.63) is 35.6 Å². The van der Waals surface area contributed by atoms with E-state index in [0.717, 1.165) is 25.3 Å². The van der Waals surface area contributed by atoms with Crippen molar-refractivity contribution in [2.75, 3.05) is 32.7 Å². The number of rotatable bonds is 8. The van der Waals surface area contributed by atoms with Gasteiger partial charge < -0.3 is 15.5 Å². The standard InChI is InChI=1S/C19H30FN3O/c1-16-9-14-23(15-10-16)13-5-4-11-21-19(24)22-12-8-17-6-2-3-7-18(17)20/h2-3,6-7,16H,4-5,8-15H2,1H3,(H2,21,22,24). The lowest BCUT2D eigenvalue weighted by Crippen LogP contribution is -2.37. The third-order valence-corrected chi connectivity index (χ3v) is 4.70. The Hall–Kier alpha value is -1.62. The van der Waals surface area contributed by atoms with Crippen LogP contribution in [0.2, 0.25) is 0 Å². The molecule has 4 nitrogen and oxygen atoms in total. The number of nitrogens with one attached hydrogen (secondary N) is 2. The van der Waals surface area contributed by atoms with Gasteiger partial charge in [0.2, 0.25) is 0 Å². The SMILES string of the molecule is CC1CCN(CCCCNC(=O)NCCc2ccccc2F)CC1. The number of urea groups is 1. The summed E-state index contributed by atoms with van der Waals surface area (Å²) in [5.41, 5.74) is 0.633. The Morgan fingerprint density at radius 3 is 2.62 bits per heavy atom. The molecule has 1 aromatic carbocycles. The molecule has 5 heteroatoms. The van der Waals surface area contributed by atoms with Crippen molar-refractivity contribution in [3.8, 4) is 0 Å². The summed E-state index contributed by atoms with van der Waals surface area (Å²) in [7, 11) is 0. The van der Waals surface area contributed by atoms with Crippen LogP contribution in [0.1, 0.15) is 38.2 Å². The van der Waals surface area contributed by atoms with Gasteiger partial charge in [0.15, 0.2) is 0 Å². The normalized spacial score (nSPS) is 16.1. The number of piperidine rings is 1. The summed E-state index contributed by atoms with van der Waals surface area (Å²) < 4.78 is 13.4. The fourth-order valence-corrected chi connectivity index (χ4v) is 3.02. The van der Waals surface area contributed by atoms with Crippen LogP contribution in [0.25, 0.3) is 0 Å². The molecule has 2 amide bonds. The molecule has 24 heavy (non-hydrogen) atoms. The van der Waals surface area contributed by atoms with Crippen molar-refractivity contribution in [2.24, 2.45) is 5.92 Å². The molecule has 0 aromatic heterocycles. The number of unbranched alkanes of at least 4 members (excludes halogenated alkanes) is 1. The molecule has 1 aromatic rings. The van der Waals surface area contributed by atoms with E-state index in [1.165, 1.54) is 32.0 Å². The van der Waals surface area contributed by atoms with E-state index < -0.39 is 0 Å². The summed E-state index contributed by atoms with van der Waals surface area (Å²) >= 11 is 0. The van der Waals surface area contributed by atoms with E-state index in [9.17, 15) is 9.18 Å². The minimum Gasteiger partial charge on any atom is -0.338 e. The van der Waals surface area contributed by atoms with Gasteiger partial charge in [0.1, 0.15) is 5.82 Å². The first-order chi connectivity index (χ1) is 11.6. The molecule has 1 aliphatic rings. The summed E-state index contributed by atoms with van der Waals surface area (Å²) in [4.78, 5) is 14.2. The summed E-state index contributed by atoms with van der Waals surface area (Å²) in [6.07, 6.45) is 5.23. The molecule has 0 aliphatic carbocycles. The van der Waals surface area contributed by atoms with Crippen LogP contribution in [0.5, 0.6) is 0 Å². The second-order valence-electron chi connectivity index (χ2n) is 6.76. The van der Waals surface area contributed by atoms with Gasteiger partial charge in [-0.3, -0.25) is 0 Å². The van der Waals surface area contributed by atoms with Gasteiger partial charge in [0, 0.05) is 13.1 Å². The Morgan fingerprint density at radius 2 is 1.88 bits per heavy atom. The van der Waals surface area contributed by atoms with Gasteiger partial charge in [-0.2, -0.15) is 0 Å². The third-order valence-electron chi connectivity index (χ3n) is 4.70. The molecule has 2 rings (SSSR count). The smallest absolute Gasteiger partial charge is 0.314 e. The first-order valence-corrected chi connectivity index (χ1v) is 9.12. The number of hydrogen-bond donors (Lipinski definition) is 2. The molecule has 1 heterocycles. The van der Waals surface area contributed by atoms with Crippen molar-refractivity contribution in [1.82, 2.24) is 15.5 Å². The Bertz CT molecular complexity index is 501. The number of hydrogen-bond acceptors (Lipinski definition) is 2.